The van der Waals surface area contributed by atoms with Crippen molar-refractivity contribution in [3.63, 3.8) is 0 Å². The van der Waals surface area contributed by atoms with Crippen LogP contribution in [0.3, 0.4) is 0 Å². The number of hydrogen-bond acceptors (Lipinski definition) is 0. The van der Waals surface area contributed by atoms with Crippen molar-refractivity contribution in [1.29, 1.82) is 0 Å². The summed E-state index contributed by atoms with van der Waals surface area (Å²) < 4.78 is 0. The second-order valence-corrected chi connectivity index (χ2v) is 21.3. The molecule has 0 bridgehead atoms. The van der Waals surface area contributed by atoms with Crippen LogP contribution in [0, 0.1) is 0 Å². The summed E-state index contributed by atoms with van der Waals surface area (Å²) in [6.07, 6.45) is 2.80. The third-order valence-electron chi connectivity index (χ3n) is 1.42. The smallest absolute Gasteiger partial charge is 0.126 e. The zero-order valence-corrected chi connectivity index (χ0v) is 13.3. The van der Waals surface area contributed by atoms with Crippen LogP contribution in [0.4, 0.5) is 0 Å². The summed E-state index contributed by atoms with van der Waals surface area (Å²) >= 11 is 34.2. The van der Waals surface area contributed by atoms with E-state index in [9.17, 15) is 0 Å². The monoisotopic (exact) mass is 336 g/mol. The first-order chi connectivity index (χ1) is 5.71. The van der Waals surface area contributed by atoms with Gasteiger partial charge in [-0.2, -0.15) is 0 Å². The zero-order valence-electron chi connectivity index (χ0n) is 6.80. The van der Waals surface area contributed by atoms with Crippen LogP contribution in [0.25, 0.3) is 0 Å². The van der Waals surface area contributed by atoms with Crippen molar-refractivity contribution < 1.29 is 0 Å². The fourth-order valence-electron chi connectivity index (χ4n) is 0.828. The van der Waals surface area contributed by atoms with E-state index in [0.29, 0.717) is 12.1 Å². The quantitative estimate of drug-likeness (QED) is 0.342. The van der Waals surface area contributed by atoms with Crippen molar-refractivity contribution in [1.82, 2.24) is 0 Å². The molecule has 8 heteroatoms. The summed E-state index contributed by atoms with van der Waals surface area (Å²) in [6.45, 7) is 0. The van der Waals surface area contributed by atoms with Crippen LogP contribution >= 0.6 is 66.5 Å². The van der Waals surface area contributed by atoms with Crippen LogP contribution in [0.5, 0.6) is 0 Å². The summed E-state index contributed by atoms with van der Waals surface area (Å²) in [7, 11) is 0. The lowest BCUT2D eigenvalue weighted by atomic mass is 10.3. The molecule has 0 heterocycles. The molecule has 0 saturated heterocycles. The molecular formula is C5H10Cl6Si2. The van der Waals surface area contributed by atoms with Crippen molar-refractivity contribution in [3.8, 4) is 0 Å². The lowest BCUT2D eigenvalue weighted by Crippen LogP contribution is -2.09. The fraction of sp³-hybridized carbons (Fsp3) is 1.00. The first kappa shape index (κ1) is 15.2. The molecule has 0 aromatic heterocycles. The standard InChI is InChI=1S/C5H10Cl6Si2/c6-12(7,8)4-2-1-3-5-13(9,10)11/h1-5H2. The third-order valence-corrected chi connectivity index (χ3v) is 6.66. The van der Waals surface area contributed by atoms with Crippen LogP contribution in [-0.4, -0.2) is 12.0 Å². The van der Waals surface area contributed by atoms with E-state index in [4.69, 9.17) is 66.5 Å². The summed E-state index contributed by atoms with van der Waals surface area (Å²) in [5.74, 6) is 0. The second kappa shape index (κ2) is 6.69. The SMILES string of the molecule is Cl[Si](Cl)(Cl)CCCCC[Si](Cl)(Cl)Cl. The number of unbranched alkanes of at least 4 members (excludes halogenated alkanes) is 2. The minimum Gasteiger partial charge on any atom is -0.126 e. The second-order valence-electron chi connectivity index (χ2n) is 2.79. The van der Waals surface area contributed by atoms with E-state index in [1.54, 1.807) is 0 Å². The topological polar surface area (TPSA) is 0 Å². The van der Waals surface area contributed by atoms with Crippen LogP contribution in [-0.2, 0) is 0 Å². The first-order valence-electron chi connectivity index (χ1n) is 3.84. The van der Waals surface area contributed by atoms with Crippen LogP contribution in [0.2, 0.25) is 12.1 Å². The molecule has 0 spiro atoms. The minimum absolute atomic E-state index is 0.694. The number of rotatable bonds is 6. The van der Waals surface area contributed by atoms with Crippen molar-refractivity contribution >= 4 is 78.5 Å². The summed E-state index contributed by atoms with van der Waals surface area (Å²) in [5, 5.41) is 0. The largest absolute Gasteiger partial charge is 0.341 e. The number of hydrogen-bond donors (Lipinski definition) is 0. The van der Waals surface area contributed by atoms with Gasteiger partial charge in [0.05, 0.1) is 0 Å². The van der Waals surface area contributed by atoms with E-state index in [1.807, 2.05) is 0 Å². The van der Waals surface area contributed by atoms with Gasteiger partial charge < -0.3 is 0 Å². The van der Waals surface area contributed by atoms with Gasteiger partial charge in [0, 0.05) is 0 Å². The molecule has 0 aliphatic heterocycles. The average molecular weight is 339 g/mol. The summed E-state index contributed by atoms with van der Waals surface area (Å²) in [4.78, 5) is 0. The molecule has 0 nitrogen and oxygen atoms in total. The van der Waals surface area contributed by atoms with Crippen LogP contribution < -0.4 is 0 Å². The molecule has 0 aliphatic rings. The minimum atomic E-state index is -2.42. The molecule has 0 fully saturated rings. The maximum atomic E-state index is 5.70. The van der Waals surface area contributed by atoms with Gasteiger partial charge in [-0.15, -0.1) is 66.5 Å². The Hall–Kier alpha value is 2.17. The third kappa shape index (κ3) is 14.2. The highest BCUT2D eigenvalue weighted by Gasteiger charge is 2.25. The lowest BCUT2D eigenvalue weighted by Gasteiger charge is -2.08. The van der Waals surface area contributed by atoms with E-state index in [-0.39, 0.29) is 0 Å². The Balaban J connectivity index is 3.28. The van der Waals surface area contributed by atoms with Gasteiger partial charge in [0.2, 0.25) is 0 Å². The summed E-state index contributed by atoms with van der Waals surface area (Å²) in [5.41, 5.74) is 0. The van der Waals surface area contributed by atoms with Gasteiger partial charge >= 0.3 is 12.0 Å². The predicted octanol–water partition coefficient (Wildman–Crippen LogP) is 5.47. The van der Waals surface area contributed by atoms with E-state index in [2.05, 4.69) is 0 Å². The highest BCUT2D eigenvalue weighted by Crippen LogP contribution is 2.30. The Bertz CT molecular complexity index is 123. The molecule has 0 N–H and O–H groups in total. The molecule has 0 radical (unpaired) electrons. The van der Waals surface area contributed by atoms with E-state index in [0.717, 1.165) is 19.3 Å². The summed E-state index contributed by atoms with van der Waals surface area (Å²) in [6, 6.07) is -3.46. The molecule has 0 saturated carbocycles. The zero-order chi connectivity index (χ0) is 10.5. The molecule has 0 aliphatic carbocycles. The molecule has 0 unspecified atom stereocenters. The predicted molar refractivity (Wildman–Crippen MR) is 70.1 cm³/mol. The van der Waals surface area contributed by atoms with E-state index in [1.165, 1.54) is 0 Å². The Morgan fingerprint density at radius 3 is 1.08 bits per heavy atom. The van der Waals surface area contributed by atoms with Gasteiger partial charge in [-0.05, 0) is 12.1 Å². The molecule has 0 aromatic carbocycles. The molecule has 0 atom stereocenters. The first-order valence-corrected chi connectivity index (χ1v) is 14.3. The maximum Gasteiger partial charge on any atom is 0.341 e. The van der Waals surface area contributed by atoms with Gasteiger partial charge in [-0.25, -0.2) is 0 Å². The Labute approximate surface area is 109 Å². The Morgan fingerprint density at radius 2 is 0.846 bits per heavy atom. The van der Waals surface area contributed by atoms with Gasteiger partial charge in [0.25, 0.3) is 0 Å². The normalized spacial score (nSPS) is 13.4. The molecule has 0 rings (SSSR count). The van der Waals surface area contributed by atoms with Crippen LogP contribution in [0.1, 0.15) is 19.3 Å². The van der Waals surface area contributed by atoms with Gasteiger partial charge in [-0.1, -0.05) is 19.3 Å². The Kier molecular flexibility index (Phi) is 7.81. The average Bonchev–Trinajstić information content (AvgIpc) is 1.81. The Morgan fingerprint density at radius 1 is 0.538 bits per heavy atom. The molecule has 0 aromatic rings. The molecule has 0 amide bonds. The van der Waals surface area contributed by atoms with E-state index >= 15 is 0 Å². The van der Waals surface area contributed by atoms with Gasteiger partial charge in [-0.3, -0.25) is 0 Å². The van der Waals surface area contributed by atoms with Gasteiger partial charge in [0.15, 0.2) is 0 Å². The molecular weight excluding hydrogens is 329 g/mol. The van der Waals surface area contributed by atoms with E-state index < -0.39 is 12.0 Å². The fourth-order valence-corrected chi connectivity index (χ4v) is 4.53. The molecule has 80 valence electrons. The van der Waals surface area contributed by atoms with Crippen molar-refractivity contribution in [2.45, 2.75) is 31.4 Å². The highest BCUT2D eigenvalue weighted by molar-refractivity contribution is 7.65. The maximum absolute atomic E-state index is 5.70. The number of halogens is 6. The van der Waals surface area contributed by atoms with Crippen molar-refractivity contribution in [2.75, 3.05) is 0 Å². The van der Waals surface area contributed by atoms with Crippen molar-refractivity contribution in [2.24, 2.45) is 0 Å². The van der Waals surface area contributed by atoms with Crippen LogP contribution in [0.15, 0.2) is 0 Å². The highest BCUT2D eigenvalue weighted by atomic mass is 35.8. The van der Waals surface area contributed by atoms with Gasteiger partial charge in [0.1, 0.15) is 0 Å². The molecule has 13 heavy (non-hydrogen) atoms. The van der Waals surface area contributed by atoms with Crippen molar-refractivity contribution in [3.05, 3.63) is 0 Å². The lowest BCUT2D eigenvalue weighted by molar-refractivity contribution is 0.765.